The van der Waals surface area contributed by atoms with Gasteiger partial charge < -0.3 is 5.73 Å². The molecule has 0 saturated carbocycles. The van der Waals surface area contributed by atoms with Crippen molar-refractivity contribution in [1.82, 2.24) is 15.0 Å². The molecule has 0 atom stereocenters. The summed E-state index contributed by atoms with van der Waals surface area (Å²) in [5, 5.41) is 7.63. The van der Waals surface area contributed by atoms with Gasteiger partial charge in [-0.25, -0.2) is 9.07 Å². The van der Waals surface area contributed by atoms with Gasteiger partial charge in [0.05, 0.1) is 5.69 Å². The fourth-order valence-corrected chi connectivity index (χ4v) is 1.87. The van der Waals surface area contributed by atoms with Gasteiger partial charge in [0.25, 0.3) is 0 Å². The van der Waals surface area contributed by atoms with E-state index < -0.39 is 5.82 Å². The second-order valence-corrected chi connectivity index (χ2v) is 3.84. The molecule has 6 heteroatoms. The highest BCUT2D eigenvalue weighted by atomic mass is 79.9. The van der Waals surface area contributed by atoms with Crippen molar-refractivity contribution in [1.29, 1.82) is 0 Å². The maximum absolute atomic E-state index is 13.2. The number of aromatic nitrogens is 3. The summed E-state index contributed by atoms with van der Waals surface area (Å²) in [5.74, 6) is -0.444. The Bertz CT molecular complexity index is 489. The van der Waals surface area contributed by atoms with Crippen LogP contribution in [0.2, 0.25) is 0 Å². The minimum absolute atomic E-state index is 0.130. The van der Waals surface area contributed by atoms with E-state index in [1.807, 2.05) is 0 Å². The molecule has 4 nitrogen and oxygen atoms in total. The largest absolute Gasteiger partial charge is 0.396 e. The van der Waals surface area contributed by atoms with Gasteiger partial charge in [-0.3, -0.25) is 0 Å². The molecular formula is C9H8BrFN4. The summed E-state index contributed by atoms with van der Waals surface area (Å²) in [7, 11) is 1.74. The molecule has 0 aliphatic rings. The fraction of sp³-hybridized carbons (Fsp3) is 0.111. The average Bonchev–Trinajstić information content (AvgIpc) is 2.52. The molecule has 0 unspecified atom stereocenters. The lowest BCUT2D eigenvalue weighted by Crippen LogP contribution is -1.96. The summed E-state index contributed by atoms with van der Waals surface area (Å²) in [5.41, 5.74) is 6.92. The molecule has 0 aliphatic carbocycles. The van der Waals surface area contributed by atoms with Gasteiger partial charge in [-0.15, -0.1) is 5.10 Å². The summed E-state index contributed by atoms with van der Waals surface area (Å²) in [6.07, 6.45) is 0. The SMILES string of the molecule is Cn1nnc(Br)c1-c1ccc(N)c(F)c1. The molecular weight excluding hydrogens is 263 g/mol. The Balaban J connectivity index is 2.59. The fourth-order valence-electron chi connectivity index (χ4n) is 1.31. The first-order chi connectivity index (χ1) is 7.09. The van der Waals surface area contributed by atoms with Gasteiger partial charge >= 0.3 is 0 Å². The molecule has 0 bridgehead atoms. The van der Waals surface area contributed by atoms with Crippen LogP contribution in [0, 0.1) is 5.82 Å². The highest BCUT2D eigenvalue weighted by molar-refractivity contribution is 9.10. The van der Waals surface area contributed by atoms with Crippen LogP contribution in [0.1, 0.15) is 0 Å². The minimum Gasteiger partial charge on any atom is -0.396 e. The summed E-state index contributed by atoms with van der Waals surface area (Å²) in [6, 6.07) is 4.60. The number of hydrogen-bond acceptors (Lipinski definition) is 3. The van der Waals surface area contributed by atoms with E-state index in [0.717, 1.165) is 0 Å². The van der Waals surface area contributed by atoms with E-state index in [1.54, 1.807) is 17.8 Å². The molecule has 0 aliphatic heterocycles. The number of aryl methyl sites for hydroxylation is 1. The number of rotatable bonds is 1. The molecule has 0 spiro atoms. The Morgan fingerprint density at radius 1 is 1.47 bits per heavy atom. The highest BCUT2D eigenvalue weighted by Gasteiger charge is 2.11. The molecule has 1 aromatic carbocycles. The summed E-state index contributed by atoms with van der Waals surface area (Å²) < 4.78 is 15.4. The van der Waals surface area contributed by atoms with E-state index in [0.29, 0.717) is 15.9 Å². The van der Waals surface area contributed by atoms with Gasteiger partial charge in [0.1, 0.15) is 11.5 Å². The number of anilines is 1. The van der Waals surface area contributed by atoms with Crippen molar-refractivity contribution in [2.24, 2.45) is 7.05 Å². The maximum Gasteiger partial charge on any atom is 0.156 e. The lowest BCUT2D eigenvalue weighted by molar-refractivity contribution is 0.632. The molecule has 1 aromatic heterocycles. The average molecular weight is 271 g/mol. The Morgan fingerprint density at radius 3 is 2.73 bits per heavy atom. The zero-order valence-corrected chi connectivity index (χ0v) is 9.49. The molecule has 2 aromatic rings. The molecule has 0 radical (unpaired) electrons. The third kappa shape index (κ3) is 1.72. The molecule has 0 saturated heterocycles. The summed E-state index contributed by atoms with van der Waals surface area (Å²) >= 11 is 3.25. The first-order valence-electron chi connectivity index (χ1n) is 4.20. The van der Waals surface area contributed by atoms with Crippen LogP contribution < -0.4 is 5.73 Å². The molecule has 78 valence electrons. The van der Waals surface area contributed by atoms with E-state index in [9.17, 15) is 4.39 Å². The topological polar surface area (TPSA) is 56.7 Å². The first kappa shape index (κ1) is 10.1. The van der Waals surface area contributed by atoms with Crippen molar-refractivity contribution >= 4 is 21.6 Å². The summed E-state index contributed by atoms with van der Waals surface area (Å²) in [6.45, 7) is 0. The number of nitrogens with zero attached hydrogens (tertiary/aromatic N) is 3. The third-order valence-electron chi connectivity index (χ3n) is 2.06. The summed E-state index contributed by atoms with van der Waals surface area (Å²) in [4.78, 5) is 0. The van der Waals surface area contributed by atoms with Crippen LogP contribution in [-0.4, -0.2) is 15.0 Å². The Kier molecular flexibility index (Phi) is 2.44. The molecule has 1 heterocycles. The molecule has 0 fully saturated rings. The van der Waals surface area contributed by atoms with Crippen LogP contribution in [0.5, 0.6) is 0 Å². The van der Waals surface area contributed by atoms with Crippen LogP contribution in [0.3, 0.4) is 0 Å². The number of nitrogen functional groups attached to an aromatic ring is 1. The zero-order chi connectivity index (χ0) is 11.0. The van der Waals surface area contributed by atoms with E-state index in [2.05, 4.69) is 26.2 Å². The highest BCUT2D eigenvalue weighted by Crippen LogP contribution is 2.27. The van der Waals surface area contributed by atoms with Crippen LogP contribution in [-0.2, 0) is 7.05 Å². The van der Waals surface area contributed by atoms with Gasteiger partial charge in [-0.2, -0.15) is 0 Å². The number of hydrogen-bond donors (Lipinski definition) is 1. The van der Waals surface area contributed by atoms with Crippen molar-refractivity contribution < 1.29 is 4.39 Å². The molecule has 0 amide bonds. The predicted molar refractivity (Wildman–Crippen MR) is 58.5 cm³/mol. The van der Waals surface area contributed by atoms with Crippen LogP contribution in [0.4, 0.5) is 10.1 Å². The maximum atomic E-state index is 13.2. The van der Waals surface area contributed by atoms with Gasteiger partial charge in [-0.05, 0) is 28.1 Å². The Labute approximate surface area is 94.0 Å². The monoisotopic (exact) mass is 270 g/mol. The van der Waals surface area contributed by atoms with Crippen LogP contribution >= 0.6 is 15.9 Å². The molecule has 15 heavy (non-hydrogen) atoms. The predicted octanol–water partition coefficient (Wildman–Crippen LogP) is 1.97. The van der Waals surface area contributed by atoms with E-state index in [4.69, 9.17) is 5.73 Å². The molecule has 2 rings (SSSR count). The van der Waals surface area contributed by atoms with Gasteiger partial charge in [0.15, 0.2) is 4.60 Å². The second kappa shape index (κ2) is 3.62. The smallest absolute Gasteiger partial charge is 0.156 e. The van der Waals surface area contributed by atoms with Crippen molar-refractivity contribution in [3.05, 3.63) is 28.6 Å². The normalized spacial score (nSPS) is 10.6. The lowest BCUT2D eigenvalue weighted by Gasteiger charge is -2.03. The second-order valence-electron chi connectivity index (χ2n) is 3.09. The van der Waals surface area contributed by atoms with E-state index >= 15 is 0 Å². The number of halogens is 2. The standard InChI is InChI=1S/C9H8BrFN4/c1-15-8(9(10)13-14-15)5-2-3-7(12)6(11)4-5/h2-4H,12H2,1H3. The number of benzene rings is 1. The zero-order valence-electron chi connectivity index (χ0n) is 7.91. The minimum atomic E-state index is -0.444. The van der Waals surface area contributed by atoms with Crippen molar-refractivity contribution in [2.45, 2.75) is 0 Å². The number of nitrogens with two attached hydrogens (primary N) is 1. The van der Waals surface area contributed by atoms with E-state index in [-0.39, 0.29) is 5.69 Å². The Hall–Kier alpha value is -1.43. The van der Waals surface area contributed by atoms with Crippen LogP contribution in [0.15, 0.2) is 22.8 Å². The van der Waals surface area contributed by atoms with Gasteiger partial charge in [-0.1, -0.05) is 11.3 Å². The van der Waals surface area contributed by atoms with Gasteiger partial charge in [0.2, 0.25) is 0 Å². The van der Waals surface area contributed by atoms with Crippen molar-refractivity contribution in [3.63, 3.8) is 0 Å². The van der Waals surface area contributed by atoms with Crippen molar-refractivity contribution in [2.75, 3.05) is 5.73 Å². The Morgan fingerprint density at radius 2 is 2.20 bits per heavy atom. The quantitative estimate of drug-likeness (QED) is 0.807. The lowest BCUT2D eigenvalue weighted by atomic mass is 10.1. The first-order valence-corrected chi connectivity index (χ1v) is 4.99. The van der Waals surface area contributed by atoms with E-state index in [1.165, 1.54) is 12.1 Å². The third-order valence-corrected chi connectivity index (χ3v) is 2.59. The van der Waals surface area contributed by atoms with Crippen molar-refractivity contribution in [3.8, 4) is 11.3 Å². The molecule has 2 N–H and O–H groups in total. The van der Waals surface area contributed by atoms with Gasteiger partial charge in [0, 0.05) is 12.6 Å². The van der Waals surface area contributed by atoms with Crippen LogP contribution in [0.25, 0.3) is 11.3 Å².